The predicted molar refractivity (Wildman–Crippen MR) is 109 cm³/mol. The van der Waals surface area contributed by atoms with Gasteiger partial charge in [0.15, 0.2) is 8.32 Å². The van der Waals surface area contributed by atoms with Crippen molar-refractivity contribution in [2.45, 2.75) is 110 Å². The fourth-order valence-electron chi connectivity index (χ4n) is 3.08. The van der Waals surface area contributed by atoms with Gasteiger partial charge in [-0.2, -0.15) is 0 Å². The van der Waals surface area contributed by atoms with Crippen LogP contribution in [0.15, 0.2) is 0 Å². The molecular formula is C17H42O2Si3. The summed E-state index contributed by atoms with van der Waals surface area (Å²) in [5.41, 5.74) is 0.497. The van der Waals surface area contributed by atoms with Crippen LogP contribution in [0.1, 0.15) is 53.4 Å². The van der Waals surface area contributed by atoms with Gasteiger partial charge < -0.3 is 8.85 Å². The third kappa shape index (κ3) is 6.59. The molecule has 2 atom stereocenters. The molecule has 0 amide bonds. The summed E-state index contributed by atoms with van der Waals surface area (Å²) in [5, 5.41) is -0.0623. The van der Waals surface area contributed by atoms with Crippen LogP contribution in [-0.4, -0.2) is 36.4 Å². The summed E-state index contributed by atoms with van der Waals surface area (Å²) >= 11 is 0. The molecule has 5 heteroatoms. The molecule has 0 aromatic rings. The topological polar surface area (TPSA) is 18.5 Å². The van der Waals surface area contributed by atoms with Crippen LogP contribution in [0.4, 0.5) is 0 Å². The average molecular weight is 363 g/mol. The molecule has 0 N–H and O–H groups in total. The lowest BCUT2D eigenvalue weighted by Gasteiger charge is -2.47. The van der Waals surface area contributed by atoms with E-state index < -0.39 is 25.4 Å². The van der Waals surface area contributed by atoms with Crippen molar-refractivity contribution >= 4 is 25.4 Å². The molecule has 0 aromatic carbocycles. The van der Waals surface area contributed by atoms with Gasteiger partial charge in [-0.1, -0.05) is 46.7 Å². The van der Waals surface area contributed by atoms with E-state index >= 15 is 0 Å². The van der Waals surface area contributed by atoms with Gasteiger partial charge in [-0.3, -0.25) is 0 Å². The highest BCUT2D eigenvalue weighted by Crippen LogP contribution is 2.35. The molecule has 134 valence electrons. The molecule has 0 fully saturated rings. The maximum Gasteiger partial charge on any atom is 0.216 e. The molecule has 0 bridgehead atoms. The molecule has 0 radical (unpaired) electrons. The zero-order chi connectivity index (χ0) is 17.6. The van der Waals surface area contributed by atoms with E-state index in [9.17, 15) is 0 Å². The van der Waals surface area contributed by atoms with Crippen molar-refractivity contribution in [3.05, 3.63) is 0 Å². The summed E-state index contributed by atoms with van der Waals surface area (Å²) in [7, 11) is -4.29. The Balaban J connectivity index is 5.15. The molecule has 0 saturated carbocycles. The number of unbranched alkanes of at least 4 members (excludes halogenated alkanes) is 1. The van der Waals surface area contributed by atoms with Crippen LogP contribution >= 0.6 is 0 Å². The van der Waals surface area contributed by atoms with Gasteiger partial charge in [0, 0.05) is 5.73 Å². The van der Waals surface area contributed by atoms with Gasteiger partial charge in [0.1, 0.15) is 0 Å². The quantitative estimate of drug-likeness (QED) is 0.436. The monoisotopic (exact) mass is 362 g/mol. The van der Waals surface area contributed by atoms with E-state index in [2.05, 4.69) is 67.0 Å². The van der Waals surface area contributed by atoms with Crippen molar-refractivity contribution in [1.82, 2.24) is 0 Å². The Kier molecular flexibility index (Phi) is 9.40. The highest BCUT2D eigenvalue weighted by atomic mass is 28.4. The molecular weight excluding hydrogens is 320 g/mol. The summed E-state index contributed by atoms with van der Waals surface area (Å²) in [6.07, 6.45) is 4.76. The molecule has 0 aromatic heterocycles. The first-order valence-electron chi connectivity index (χ1n) is 9.32. The lowest BCUT2D eigenvalue weighted by Crippen LogP contribution is -2.62. The Morgan fingerprint density at radius 2 is 1.59 bits per heavy atom. The molecule has 0 heterocycles. The molecule has 0 saturated heterocycles. The third-order valence-electron chi connectivity index (χ3n) is 5.17. The van der Waals surface area contributed by atoms with E-state index in [0.717, 1.165) is 12.8 Å². The SMILES string of the molecule is CCCC[Si](C)(C)OC(C)(CC)[Si](C)(C)OC(CC)[SiH](C)C. The van der Waals surface area contributed by atoms with Gasteiger partial charge in [-0.05, 0) is 52.0 Å². The van der Waals surface area contributed by atoms with Crippen molar-refractivity contribution < 1.29 is 8.85 Å². The van der Waals surface area contributed by atoms with E-state index in [1.807, 2.05) is 0 Å². The lowest BCUT2D eigenvalue weighted by atomic mass is 10.3. The van der Waals surface area contributed by atoms with Gasteiger partial charge in [-0.15, -0.1) is 0 Å². The Morgan fingerprint density at radius 1 is 1.05 bits per heavy atom. The largest absolute Gasteiger partial charge is 0.415 e. The van der Waals surface area contributed by atoms with Crippen LogP contribution in [-0.2, 0) is 8.85 Å². The average Bonchev–Trinajstić information content (AvgIpc) is 2.41. The fourth-order valence-corrected chi connectivity index (χ4v) is 12.6. The minimum Gasteiger partial charge on any atom is -0.415 e. The second-order valence-corrected chi connectivity index (χ2v) is 20.1. The molecule has 0 rings (SSSR count). The molecule has 2 unspecified atom stereocenters. The molecule has 22 heavy (non-hydrogen) atoms. The van der Waals surface area contributed by atoms with E-state index in [0.29, 0.717) is 5.73 Å². The van der Waals surface area contributed by atoms with Crippen molar-refractivity contribution in [2.75, 3.05) is 0 Å². The standard InChI is InChI=1S/C17H42O2Si3/c1-11-14-15-21(7,8)19-17(4,13-3)22(9,10)18-16(12-2)20(5)6/h16,20H,11-15H2,1-10H3. The second-order valence-electron chi connectivity index (χ2n) is 8.37. The van der Waals surface area contributed by atoms with Crippen molar-refractivity contribution in [3.8, 4) is 0 Å². The summed E-state index contributed by atoms with van der Waals surface area (Å²) < 4.78 is 13.6. The van der Waals surface area contributed by atoms with Crippen LogP contribution in [0.25, 0.3) is 0 Å². The van der Waals surface area contributed by atoms with E-state index in [1.165, 1.54) is 18.9 Å². The van der Waals surface area contributed by atoms with E-state index in [1.54, 1.807) is 0 Å². The number of hydrogen-bond acceptors (Lipinski definition) is 2. The third-order valence-corrected chi connectivity index (χ3v) is 14.2. The van der Waals surface area contributed by atoms with Crippen molar-refractivity contribution in [1.29, 1.82) is 0 Å². The lowest BCUT2D eigenvalue weighted by molar-refractivity contribution is 0.107. The zero-order valence-electron chi connectivity index (χ0n) is 17.0. The first kappa shape index (κ1) is 22.6. The highest BCUT2D eigenvalue weighted by molar-refractivity contribution is 6.78. The second kappa shape index (κ2) is 9.16. The number of hydrogen-bond donors (Lipinski definition) is 0. The van der Waals surface area contributed by atoms with Gasteiger partial charge in [-0.25, -0.2) is 0 Å². The number of rotatable bonds is 11. The normalized spacial score (nSPS) is 17.6. The first-order valence-corrected chi connectivity index (χ1v) is 18.3. The zero-order valence-corrected chi connectivity index (χ0v) is 20.2. The Labute approximate surface area is 144 Å². The summed E-state index contributed by atoms with van der Waals surface area (Å²) in [4.78, 5) is 0. The first-order chi connectivity index (χ1) is 9.94. The van der Waals surface area contributed by atoms with Crippen LogP contribution in [0, 0.1) is 0 Å². The maximum absolute atomic E-state index is 6.86. The molecule has 2 nitrogen and oxygen atoms in total. The van der Waals surface area contributed by atoms with Gasteiger partial charge in [0.2, 0.25) is 8.32 Å². The molecule has 0 aliphatic rings. The summed E-state index contributed by atoms with van der Waals surface area (Å²) in [6, 6.07) is 1.26. The highest BCUT2D eigenvalue weighted by Gasteiger charge is 2.48. The Hall–Kier alpha value is 0.571. The fraction of sp³-hybridized carbons (Fsp3) is 1.00. The smallest absolute Gasteiger partial charge is 0.216 e. The molecule has 0 aliphatic heterocycles. The van der Waals surface area contributed by atoms with Gasteiger partial charge in [0.25, 0.3) is 0 Å². The van der Waals surface area contributed by atoms with Gasteiger partial charge >= 0.3 is 0 Å². The van der Waals surface area contributed by atoms with Crippen LogP contribution in [0.2, 0.25) is 45.3 Å². The van der Waals surface area contributed by atoms with Gasteiger partial charge in [0.05, 0.1) is 14.0 Å². The summed E-state index contributed by atoms with van der Waals surface area (Å²) in [6.45, 7) is 23.5. The van der Waals surface area contributed by atoms with Crippen molar-refractivity contribution in [3.63, 3.8) is 0 Å². The summed E-state index contributed by atoms with van der Waals surface area (Å²) in [5.74, 6) is 0. The minimum absolute atomic E-state index is 0.0623. The van der Waals surface area contributed by atoms with E-state index in [-0.39, 0.29) is 5.22 Å². The van der Waals surface area contributed by atoms with E-state index in [4.69, 9.17) is 8.85 Å². The predicted octanol–water partition coefficient (Wildman–Crippen LogP) is 5.74. The van der Waals surface area contributed by atoms with Crippen LogP contribution in [0.3, 0.4) is 0 Å². The molecule has 0 spiro atoms. The van der Waals surface area contributed by atoms with Crippen molar-refractivity contribution in [2.24, 2.45) is 0 Å². The molecule has 0 aliphatic carbocycles. The van der Waals surface area contributed by atoms with Crippen LogP contribution < -0.4 is 0 Å². The van der Waals surface area contributed by atoms with Crippen LogP contribution in [0.5, 0.6) is 0 Å². The maximum atomic E-state index is 6.86. The Morgan fingerprint density at radius 3 is 1.95 bits per heavy atom. The Bertz CT molecular complexity index is 319. The minimum atomic E-state index is -1.91.